The van der Waals surface area contributed by atoms with E-state index in [0.29, 0.717) is 11.6 Å². The van der Waals surface area contributed by atoms with Crippen LogP contribution in [-0.4, -0.2) is 20.1 Å². The fourth-order valence-corrected chi connectivity index (χ4v) is 2.50. The summed E-state index contributed by atoms with van der Waals surface area (Å²) in [4.78, 5) is 0. The van der Waals surface area contributed by atoms with E-state index in [9.17, 15) is 5.11 Å². The molecule has 2 aromatic rings. The summed E-state index contributed by atoms with van der Waals surface area (Å²) in [5.74, 6) is 0.372. The number of hydrogen-bond acceptors (Lipinski definition) is 3. The number of aromatic nitrogens is 3. The lowest BCUT2D eigenvalue weighted by Gasteiger charge is -2.16. The monoisotopic (exact) mass is 259 g/mol. The summed E-state index contributed by atoms with van der Waals surface area (Å²) >= 11 is 0. The lowest BCUT2D eigenvalue weighted by atomic mass is 9.97. The smallest absolute Gasteiger partial charge is 0.112 e. The average Bonchev–Trinajstić information content (AvgIpc) is 2.85. The second-order valence-electron chi connectivity index (χ2n) is 4.79. The quantitative estimate of drug-likeness (QED) is 0.898. The Kier molecular flexibility index (Phi) is 4.32. The van der Waals surface area contributed by atoms with E-state index in [0.717, 1.165) is 29.8 Å². The summed E-state index contributed by atoms with van der Waals surface area (Å²) in [7, 11) is 0. The van der Waals surface area contributed by atoms with E-state index in [1.807, 2.05) is 22.9 Å². The highest BCUT2D eigenvalue weighted by atomic mass is 16.3. The van der Waals surface area contributed by atoms with E-state index >= 15 is 0 Å². The Morgan fingerprint density at radius 3 is 2.47 bits per heavy atom. The van der Waals surface area contributed by atoms with Gasteiger partial charge in [0, 0.05) is 5.92 Å². The predicted octanol–water partition coefficient (Wildman–Crippen LogP) is 2.97. The van der Waals surface area contributed by atoms with Crippen molar-refractivity contribution in [1.82, 2.24) is 15.0 Å². The van der Waals surface area contributed by atoms with Crippen molar-refractivity contribution < 1.29 is 5.11 Å². The van der Waals surface area contributed by atoms with E-state index in [1.165, 1.54) is 0 Å². The molecule has 0 saturated heterocycles. The molecular weight excluding hydrogens is 238 g/mol. The molecule has 4 nitrogen and oxygen atoms in total. The van der Waals surface area contributed by atoms with E-state index in [4.69, 9.17) is 0 Å². The van der Waals surface area contributed by atoms with Crippen molar-refractivity contribution in [3.63, 3.8) is 0 Å². The molecule has 0 bridgehead atoms. The fraction of sp³-hybridized carbons (Fsp3) is 0.467. The molecule has 19 heavy (non-hydrogen) atoms. The second-order valence-corrected chi connectivity index (χ2v) is 4.79. The summed E-state index contributed by atoms with van der Waals surface area (Å²) in [5, 5.41) is 17.8. The maximum absolute atomic E-state index is 9.47. The van der Waals surface area contributed by atoms with Gasteiger partial charge in [-0.25, -0.2) is 4.68 Å². The van der Waals surface area contributed by atoms with E-state index in [2.05, 4.69) is 37.1 Å². The number of hydrogen-bond donors (Lipinski definition) is 1. The maximum Gasteiger partial charge on any atom is 0.112 e. The number of benzene rings is 1. The van der Waals surface area contributed by atoms with Gasteiger partial charge in [0.1, 0.15) is 5.69 Å². The number of rotatable bonds is 5. The van der Waals surface area contributed by atoms with Crippen LogP contribution in [0.2, 0.25) is 0 Å². The highest BCUT2D eigenvalue weighted by Crippen LogP contribution is 2.28. The Morgan fingerprint density at radius 1 is 1.21 bits per heavy atom. The zero-order valence-electron chi connectivity index (χ0n) is 11.8. The Morgan fingerprint density at radius 2 is 1.89 bits per heavy atom. The molecule has 0 fully saturated rings. The van der Waals surface area contributed by atoms with Gasteiger partial charge in [0.25, 0.3) is 0 Å². The molecule has 0 aliphatic heterocycles. The van der Waals surface area contributed by atoms with Crippen molar-refractivity contribution in [3.8, 4) is 5.69 Å². The third-order valence-corrected chi connectivity index (χ3v) is 3.64. The summed E-state index contributed by atoms with van der Waals surface area (Å²) in [6.45, 7) is 6.32. The maximum atomic E-state index is 9.47. The number of para-hydroxylation sites is 1. The summed E-state index contributed by atoms with van der Waals surface area (Å²) < 4.78 is 1.89. The van der Waals surface area contributed by atoms with Gasteiger partial charge >= 0.3 is 0 Å². The van der Waals surface area contributed by atoms with Gasteiger partial charge in [-0.3, -0.25) is 0 Å². The minimum Gasteiger partial charge on any atom is -0.390 e. The van der Waals surface area contributed by atoms with Gasteiger partial charge in [0.05, 0.1) is 18.0 Å². The molecule has 0 amide bonds. The third kappa shape index (κ3) is 2.54. The van der Waals surface area contributed by atoms with Gasteiger partial charge in [0.2, 0.25) is 0 Å². The van der Waals surface area contributed by atoms with Crippen molar-refractivity contribution >= 4 is 0 Å². The highest BCUT2D eigenvalue weighted by molar-refractivity contribution is 5.41. The van der Waals surface area contributed by atoms with E-state index in [-0.39, 0.29) is 6.61 Å². The molecule has 1 N–H and O–H groups in total. The average molecular weight is 259 g/mol. The first-order chi connectivity index (χ1) is 9.22. The van der Waals surface area contributed by atoms with Crippen LogP contribution in [0.5, 0.6) is 0 Å². The first kappa shape index (κ1) is 13.7. The number of nitrogens with zero attached hydrogens (tertiary/aromatic N) is 3. The van der Waals surface area contributed by atoms with E-state index in [1.54, 1.807) is 0 Å². The second kappa shape index (κ2) is 5.97. The first-order valence-corrected chi connectivity index (χ1v) is 6.84. The summed E-state index contributed by atoms with van der Waals surface area (Å²) in [6.07, 6.45) is 2.03. The van der Waals surface area contributed by atoms with Gasteiger partial charge < -0.3 is 5.11 Å². The topological polar surface area (TPSA) is 50.9 Å². The Hall–Kier alpha value is -1.68. The molecule has 1 aromatic heterocycles. The van der Waals surface area contributed by atoms with Gasteiger partial charge in [0.15, 0.2) is 0 Å². The zero-order chi connectivity index (χ0) is 13.8. The number of aliphatic hydroxyl groups excluding tert-OH is 1. The SMILES string of the molecule is CCC(CC)c1c(CO)nnn1-c1ccccc1C. The van der Waals surface area contributed by atoms with E-state index < -0.39 is 0 Å². The molecule has 0 aliphatic rings. The minimum absolute atomic E-state index is 0.0578. The van der Waals surface area contributed by atoms with Crippen LogP contribution in [0.25, 0.3) is 5.69 Å². The van der Waals surface area contributed by atoms with Crippen molar-refractivity contribution in [2.45, 2.75) is 46.1 Å². The third-order valence-electron chi connectivity index (χ3n) is 3.64. The van der Waals surface area contributed by atoms with Crippen LogP contribution in [0.4, 0.5) is 0 Å². The van der Waals surface area contributed by atoms with Crippen molar-refractivity contribution in [1.29, 1.82) is 0 Å². The van der Waals surface area contributed by atoms with Gasteiger partial charge in [-0.1, -0.05) is 37.3 Å². The molecule has 4 heteroatoms. The molecule has 1 aromatic carbocycles. The minimum atomic E-state index is -0.0578. The molecule has 1 heterocycles. The van der Waals surface area contributed by atoms with Gasteiger partial charge in [-0.15, -0.1) is 5.10 Å². The largest absolute Gasteiger partial charge is 0.390 e. The van der Waals surface area contributed by atoms with Crippen molar-refractivity contribution in [2.75, 3.05) is 0 Å². The zero-order valence-corrected chi connectivity index (χ0v) is 11.8. The number of aliphatic hydroxyl groups is 1. The highest BCUT2D eigenvalue weighted by Gasteiger charge is 2.21. The van der Waals surface area contributed by atoms with Crippen molar-refractivity contribution in [3.05, 3.63) is 41.2 Å². The van der Waals surface area contributed by atoms with Gasteiger partial charge in [-0.05, 0) is 31.4 Å². The van der Waals surface area contributed by atoms with Crippen LogP contribution in [0.3, 0.4) is 0 Å². The lowest BCUT2D eigenvalue weighted by molar-refractivity contribution is 0.274. The van der Waals surface area contributed by atoms with Crippen molar-refractivity contribution in [2.24, 2.45) is 0 Å². The Bertz CT molecular complexity index is 544. The lowest BCUT2D eigenvalue weighted by Crippen LogP contribution is -2.10. The Balaban J connectivity index is 2.58. The molecule has 0 atom stereocenters. The van der Waals surface area contributed by atoms with Crippen LogP contribution in [0.1, 0.15) is 49.6 Å². The fourth-order valence-electron chi connectivity index (χ4n) is 2.50. The van der Waals surface area contributed by atoms with Crippen LogP contribution < -0.4 is 0 Å². The van der Waals surface area contributed by atoms with Crippen LogP contribution in [0.15, 0.2) is 24.3 Å². The molecule has 2 rings (SSSR count). The summed E-state index contributed by atoms with van der Waals surface area (Å²) in [5.41, 5.74) is 3.93. The molecular formula is C15H21N3O. The number of aryl methyl sites for hydroxylation is 1. The standard InChI is InChI=1S/C15H21N3O/c1-4-12(5-2)15-13(10-19)16-17-18(15)14-9-7-6-8-11(14)3/h6-9,12,19H,4-5,10H2,1-3H3. The normalized spacial score (nSPS) is 11.2. The molecule has 102 valence electrons. The molecule has 0 unspecified atom stereocenters. The van der Waals surface area contributed by atoms with Gasteiger partial charge in [-0.2, -0.15) is 0 Å². The molecule has 0 saturated carbocycles. The first-order valence-electron chi connectivity index (χ1n) is 6.84. The van der Waals surface area contributed by atoms with Crippen LogP contribution in [0, 0.1) is 6.92 Å². The molecule has 0 radical (unpaired) electrons. The summed E-state index contributed by atoms with van der Waals surface area (Å²) in [6, 6.07) is 8.11. The predicted molar refractivity (Wildman–Crippen MR) is 75.3 cm³/mol. The van der Waals surface area contributed by atoms with Crippen LogP contribution >= 0.6 is 0 Å². The van der Waals surface area contributed by atoms with Crippen LogP contribution in [-0.2, 0) is 6.61 Å². The molecule has 0 aliphatic carbocycles. The molecule has 0 spiro atoms. The Labute approximate surface area is 114 Å².